The molecule has 0 radical (unpaired) electrons. The third-order valence-electron chi connectivity index (χ3n) is 6.23. The minimum atomic E-state index is -0.958. The predicted octanol–water partition coefficient (Wildman–Crippen LogP) is 1.65. The molecule has 1 unspecified atom stereocenters. The number of fused-ring (bicyclic) bond motifs is 1. The summed E-state index contributed by atoms with van der Waals surface area (Å²) in [5.41, 5.74) is 9.50. The van der Waals surface area contributed by atoms with Gasteiger partial charge in [0.15, 0.2) is 0 Å². The number of piperidine rings is 1. The molecule has 2 aromatic carbocycles. The Bertz CT molecular complexity index is 1140. The summed E-state index contributed by atoms with van der Waals surface area (Å²) < 4.78 is 0. The molecule has 3 aliphatic rings. The summed E-state index contributed by atoms with van der Waals surface area (Å²) in [4.78, 5) is 50.2. The molecule has 0 aromatic heterocycles. The summed E-state index contributed by atoms with van der Waals surface area (Å²) in [7, 11) is 0. The van der Waals surface area contributed by atoms with Crippen molar-refractivity contribution in [3.05, 3.63) is 64.7 Å². The van der Waals surface area contributed by atoms with Gasteiger partial charge in [0.1, 0.15) is 6.04 Å². The first-order chi connectivity index (χ1) is 14.9. The molecule has 1 saturated heterocycles. The van der Waals surface area contributed by atoms with Crippen LogP contribution < -0.4 is 16.4 Å². The maximum absolute atomic E-state index is 12.9. The summed E-state index contributed by atoms with van der Waals surface area (Å²) in [5, 5.41) is 5.54. The van der Waals surface area contributed by atoms with E-state index in [4.69, 9.17) is 5.73 Å². The monoisotopic (exact) mass is 418 g/mol. The highest BCUT2D eigenvalue weighted by Gasteiger charge is 2.44. The number of imide groups is 2. The Morgan fingerprint density at radius 1 is 1.03 bits per heavy atom. The molecule has 1 aliphatic carbocycles. The van der Waals surface area contributed by atoms with E-state index in [0.29, 0.717) is 6.54 Å². The average Bonchev–Trinajstić information content (AvgIpc) is 3.47. The number of amides is 4. The first-order valence-electron chi connectivity index (χ1n) is 10.3. The van der Waals surface area contributed by atoms with Gasteiger partial charge in [-0.2, -0.15) is 0 Å². The second-order valence-electron chi connectivity index (χ2n) is 8.42. The molecular formula is C23H22N4O4. The van der Waals surface area contributed by atoms with Crippen molar-refractivity contribution in [2.24, 2.45) is 5.73 Å². The minimum absolute atomic E-state index is 0.0993. The number of benzene rings is 2. The fourth-order valence-corrected chi connectivity index (χ4v) is 4.19. The van der Waals surface area contributed by atoms with Gasteiger partial charge in [-0.1, -0.05) is 18.2 Å². The number of anilines is 1. The summed E-state index contributed by atoms with van der Waals surface area (Å²) in [6.07, 6.45) is 2.22. The Morgan fingerprint density at radius 3 is 2.55 bits per heavy atom. The standard InChI is InChI=1S/C23H22N4O4/c24-23(8-9-23)14-2-1-3-15(11-14)25-12-13-4-5-16-17(10-13)22(31)27(21(16)30)18-6-7-19(28)26-20(18)29/h1-5,10-11,18,25H,6-9,12,24H2,(H,26,28,29). The van der Waals surface area contributed by atoms with Crippen molar-refractivity contribution in [2.45, 2.75) is 43.8 Å². The maximum atomic E-state index is 12.9. The maximum Gasteiger partial charge on any atom is 0.262 e. The van der Waals surface area contributed by atoms with Gasteiger partial charge in [0.2, 0.25) is 11.8 Å². The second kappa shape index (κ2) is 7.02. The van der Waals surface area contributed by atoms with Crippen molar-refractivity contribution in [2.75, 3.05) is 5.32 Å². The lowest BCUT2D eigenvalue weighted by Gasteiger charge is -2.27. The zero-order chi connectivity index (χ0) is 21.8. The summed E-state index contributed by atoms with van der Waals surface area (Å²) in [6, 6.07) is 12.1. The van der Waals surface area contributed by atoms with Gasteiger partial charge in [-0.25, -0.2) is 0 Å². The molecule has 0 bridgehead atoms. The average molecular weight is 418 g/mol. The second-order valence-corrected chi connectivity index (χ2v) is 8.42. The summed E-state index contributed by atoms with van der Waals surface area (Å²) >= 11 is 0. The highest BCUT2D eigenvalue weighted by molar-refractivity contribution is 6.23. The van der Waals surface area contributed by atoms with E-state index < -0.39 is 29.7 Å². The lowest BCUT2D eigenvalue weighted by Crippen LogP contribution is -2.54. The molecule has 4 N–H and O–H groups in total. The number of rotatable bonds is 5. The van der Waals surface area contributed by atoms with E-state index in [9.17, 15) is 19.2 Å². The number of nitrogens with one attached hydrogen (secondary N) is 2. The zero-order valence-electron chi connectivity index (χ0n) is 16.8. The van der Waals surface area contributed by atoms with Crippen LogP contribution in [0.2, 0.25) is 0 Å². The smallest absolute Gasteiger partial charge is 0.262 e. The fraction of sp³-hybridized carbons (Fsp3) is 0.304. The normalized spacial score (nSPS) is 21.7. The first-order valence-corrected chi connectivity index (χ1v) is 10.3. The van der Waals surface area contributed by atoms with Crippen molar-refractivity contribution in [3.63, 3.8) is 0 Å². The highest BCUT2D eigenvalue weighted by Crippen LogP contribution is 2.43. The van der Waals surface area contributed by atoms with Gasteiger partial charge in [-0.05, 0) is 54.7 Å². The van der Waals surface area contributed by atoms with Gasteiger partial charge in [0.05, 0.1) is 11.1 Å². The Hall–Kier alpha value is -3.52. The van der Waals surface area contributed by atoms with Gasteiger partial charge in [0.25, 0.3) is 11.8 Å². The zero-order valence-corrected chi connectivity index (χ0v) is 16.8. The van der Waals surface area contributed by atoms with Crippen molar-refractivity contribution in [1.29, 1.82) is 0 Å². The van der Waals surface area contributed by atoms with E-state index >= 15 is 0 Å². The first kappa shape index (κ1) is 19.4. The minimum Gasteiger partial charge on any atom is -0.381 e. The molecule has 2 heterocycles. The lowest BCUT2D eigenvalue weighted by atomic mass is 10.0. The molecule has 8 nitrogen and oxygen atoms in total. The SMILES string of the molecule is NC1(c2cccc(NCc3ccc4c(c3)C(=O)N(C3CCC(=O)NC3=O)C4=O)c2)CC1. The van der Waals surface area contributed by atoms with Crippen molar-refractivity contribution in [1.82, 2.24) is 10.2 Å². The van der Waals surface area contributed by atoms with E-state index in [0.717, 1.165) is 34.6 Å². The molecule has 0 spiro atoms. The van der Waals surface area contributed by atoms with Gasteiger partial charge >= 0.3 is 0 Å². The molecule has 1 saturated carbocycles. The Labute approximate surface area is 178 Å². The van der Waals surface area contributed by atoms with Gasteiger partial charge in [-0.3, -0.25) is 29.4 Å². The third kappa shape index (κ3) is 3.38. The topological polar surface area (TPSA) is 122 Å². The van der Waals surface area contributed by atoms with Gasteiger partial charge in [0, 0.05) is 24.2 Å². The van der Waals surface area contributed by atoms with E-state index in [2.05, 4.69) is 10.6 Å². The third-order valence-corrected chi connectivity index (χ3v) is 6.23. The predicted molar refractivity (Wildman–Crippen MR) is 112 cm³/mol. The molecule has 2 aliphatic heterocycles. The van der Waals surface area contributed by atoms with Crippen molar-refractivity contribution >= 4 is 29.3 Å². The molecule has 2 fully saturated rings. The van der Waals surface area contributed by atoms with Gasteiger partial charge < -0.3 is 11.1 Å². The van der Waals surface area contributed by atoms with Crippen LogP contribution in [0.25, 0.3) is 0 Å². The van der Waals surface area contributed by atoms with Gasteiger partial charge in [-0.15, -0.1) is 0 Å². The van der Waals surface area contributed by atoms with Crippen LogP contribution in [0.1, 0.15) is 57.5 Å². The van der Waals surface area contributed by atoms with Crippen LogP contribution in [0.5, 0.6) is 0 Å². The van der Waals surface area contributed by atoms with E-state index in [1.807, 2.05) is 24.3 Å². The highest BCUT2D eigenvalue weighted by atomic mass is 16.2. The van der Waals surface area contributed by atoms with Crippen LogP contribution >= 0.6 is 0 Å². The molecule has 2 aromatic rings. The molecule has 8 heteroatoms. The molecule has 1 atom stereocenters. The quantitative estimate of drug-likeness (QED) is 0.635. The Balaban J connectivity index is 1.32. The van der Waals surface area contributed by atoms with Crippen LogP contribution in [0.4, 0.5) is 5.69 Å². The number of carbonyl (C=O) groups excluding carboxylic acids is 4. The van der Waals surface area contributed by atoms with Crippen LogP contribution in [-0.4, -0.2) is 34.6 Å². The van der Waals surface area contributed by atoms with Crippen molar-refractivity contribution < 1.29 is 19.2 Å². The number of carbonyl (C=O) groups is 4. The van der Waals surface area contributed by atoms with E-state index in [1.54, 1.807) is 18.2 Å². The Morgan fingerprint density at radius 2 is 1.81 bits per heavy atom. The van der Waals surface area contributed by atoms with Crippen LogP contribution in [0.15, 0.2) is 42.5 Å². The van der Waals surface area contributed by atoms with E-state index in [-0.39, 0.29) is 29.5 Å². The Kier molecular flexibility index (Phi) is 4.40. The van der Waals surface area contributed by atoms with Crippen LogP contribution in [0, 0.1) is 0 Å². The number of nitrogens with zero attached hydrogens (tertiary/aromatic N) is 1. The van der Waals surface area contributed by atoms with Crippen molar-refractivity contribution in [3.8, 4) is 0 Å². The molecule has 31 heavy (non-hydrogen) atoms. The summed E-state index contributed by atoms with van der Waals surface area (Å²) in [5.74, 6) is -2.00. The van der Waals surface area contributed by atoms with Crippen LogP contribution in [0.3, 0.4) is 0 Å². The molecular weight excluding hydrogens is 396 g/mol. The van der Waals surface area contributed by atoms with E-state index in [1.165, 1.54) is 0 Å². The largest absolute Gasteiger partial charge is 0.381 e. The molecule has 4 amide bonds. The fourth-order valence-electron chi connectivity index (χ4n) is 4.19. The number of nitrogens with two attached hydrogens (primary N) is 1. The lowest BCUT2D eigenvalue weighted by molar-refractivity contribution is -0.136. The van der Waals surface area contributed by atoms with Crippen LogP contribution in [-0.2, 0) is 21.7 Å². The summed E-state index contributed by atoms with van der Waals surface area (Å²) in [6.45, 7) is 0.466. The number of hydrogen-bond donors (Lipinski definition) is 3. The molecule has 5 rings (SSSR count). The number of hydrogen-bond acceptors (Lipinski definition) is 6. The molecule has 158 valence electrons.